The van der Waals surface area contributed by atoms with Crippen LogP contribution < -0.4 is 4.74 Å². The zero-order valence-corrected chi connectivity index (χ0v) is 12.8. The quantitative estimate of drug-likeness (QED) is 0.227. The molecule has 0 radical (unpaired) electrons. The summed E-state index contributed by atoms with van der Waals surface area (Å²) in [6, 6.07) is 2.32. The number of carbonyl (C=O) groups is 2. The van der Waals surface area contributed by atoms with Crippen LogP contribution >= 0.6 is 11.6 Å². The van der Waals surface area contributed by atoms with Gasteiger partial charge in [-0.2, -0.15) is 0 Å². The Morgan fingerprint density at radius 1 is 1.41 bits per heavy atom. The van der Waals surface area contributed by atoms with Crippen molar-refractivity contribution in [2.75, 3.05) is 13.2 Å². The monoisotopic (exact) mass is 329 g/mol. The first-order valence-electron chi connectivity index (χ1n) is 6.71. The van der Waals surface area contributed by atoms with E-state index >= 15 is 0 Å². The van der Waals surface area contributed by atoms with Gasteiger partial charge in [0.05, 0.1) is 28.7 Å². The molecule has 120 valence electrons. The van der Waals surface area contributed by atoms with Crippen LogP contribution in [0.25, 0.3) is 0 Å². The molecule has 0 saturated carbocycles. The second kappa shape index (κ2) is 8.99. The number of aldehydes is 1. The van der Waals surface area contributed by atoms with Gasteiger partial charge in [0.15, 0.2) is 6.29 Å². The van der Waals surface area contributed by atoms with E-state index in [9.17, 15) is 19.7 Å². The van der Waals surface area contributed by atoms with Gasteiger partial charge in [0.1, 0.15) is 5.75 Å². The Bertz CT molecular complexity index is 561. The second-order valence-electron chi connectivity index (χ2n) is 4.33. The first-order valence-corrected chi connectivity index (χ1v) is 7.09. The molecule has 8 heteroatoms. The summed E-state index contributed by atoms with van der Waals surface area (Å²) >= 11 is 5.89. The average molecular weight is 330 g/mol. The van der Waals surface area contributed by atoms with Crippen molar-refractivity contribution in [3.05, 3.63) is 32.8 Å². The minimum absolute atomic E-state index is 0.0580. The van der Waals surface area contributed by atoms with Gasteiger partial charge in [-0.15, -0.1) is 0 Å². The highest BCUT2D eigenvalue weighted by Gasteiger charge is 2.17. The molecule has 0 bridgehead atoms. The van der Waals surface area contributed by atoms with E-state index in [0.717, 1.165) is 6.07 Å². The van der Waals surface area contributed by atoms with Crippen LogP contribution in [0.1, 0.15) is 36.5 Å². The molecule has 0 aliphatic rings. The Balaban J connectivity index is 2.54. The standard InChI is InChI=1S/C14H16ClNO6/c1-2-21-14(18)5-3-4-6-22-13-7-10(9-17)12(16(19)20)8-11(13)15/h7-9H,2-6H2,1H3. The van der Waals surface area contributed by atoms with Crippen LogP contribution in [0.5, 0.6) is 5.75 Å². The molecule has 0 saturated heterocycles. The number of hydrogen-bond acceptors (Lipinski definition) is 6. The fourth-order valence-electron chi connectivity index (χ4n) is 1.71. The van der Waals surface area contributed by atoms with E-state index in [1.165, 1.54) is 6.07 Å². The molecule has 0 aliphatic carbocycles. The van der Waals surface area contributed by atoms with Gasteiger partial charge in [0.25, 0.3) is 5.69 Å². The summed E-state index contributed by atoms with van der Waals surface area (Å²) in [4.78, 5) is 32.1. The molecule has 0 aromatic heterocycles. The number of unbranched alkanes of at least 4 members (excludes halogenated alkanes) is 1. The summed E-state index contributed by atoms with van der Waals surface area (Å²) in [7, 11) is 0. The fraction of sp³-hybridized carbons (Fsp3) is 0.429. The molecule has 7 nitrogen and oxygen atoms in total. The van der Waals surface area contributed by atoms with Crippen molar-refractivity contribution in [1.29, 1.82) is 0 Å². The van der Waals surface area contributed by atoms with Crippen molar-refractivity contribution >= 4 is 29.5 Å². The fourth-order valence-corrected chi connectivity index (χ4v) is 1.92. The third-order valence-electron chi connectivity index (χ3n) is 2.74. The lowest BCUT2D eigenvalue weighted by molar-refractivity contribution is -0.385. The number of carbonyl (C=O) groups excluding carboxylic acids is 2. The zero-order valence-electron chi connectivity index (χ0n) is 12.0. The van der Waals surface area contributed by atoms with E-state index in [2.05, 4.69) is 0 Å². The Morgan fingerprint density at radius 3 is 2.73 bits per heavy atom. The predicted octanol–water partition coefficient (Wildman–Crippen LogP) is 3.17. The molecule has 0 N–H and O–H groups in total. The maximum atomic E-state index is 11.1. The van der Waals surface area contributed by atoms with Crippen molar-refractivity contribution in [3.8, 4) is 5.75 Å². The lowest BCUT2D eigenvalue weighted by Crippen LogP contribution is -2.05. The van der Waals surface area contributed by atoms with Crippen LogP contribution in [-0.2, 0) is 9.53 Å². The van der Waals surface area contributed by atoms with Crippen LogP contribution in [0.15, 0.2) is 12.1 Å². The molecule has 1 aromatic carbocycles. The van der Waals surface area contributed by atoms with E-state index in [1.54, 1.807) is 6.92 Å². The minimum Gasteiger partial charge on any atom is -0.492 e. The summed E-state index contributed by atoms with van der Waals surface area (Å²) < 4.78 is 10.2. The van der Waals surface area contributed by atoms with Crippen LogP contribution in [0, 0.1) is 10.1 Å². The highest BCUT2D eigenvalue weighted by Crippen LogP contribution is 2.31. The third kappa shape index (κ3) is 5.33. The van der Waals surface area contributed by atoms with E-state index in [1.807, 2.05) is 0 Å². The summed E-state index contributed by atoms with van der Waals surface area (Å²) in [6.07, 6.45) is 1.85. The first-order chi connectivity index (χ1) is 10.5. The first kappa shape index (κ1) is 17.9. The Morgan fingerprint density at radius 2 is 2.14 bits per heavy atom. The molecule has 0 fully saturated rings. The number of rotatable bonds is 9. The van der Waals surface area contributed by atoms with E-state index in [-0.39, 0.29) is 34.6 Å². The number of ether oxygens (including phenoxy) is 2. The van der Waals surface area contributed by atoms with Crippen molar-refractivity contribution in [3.63, 3.8) is 0 Å². The van der Waals surface area contributed by atoms with Crippen LogP contribution in [0.4, 0.5) is 5.69 Å². The maximum Gasteiger partial charge on any atom is 0.305 e. The Labute approximate surface area is 132 Å². The molecule has 22 heavy (non-hydrogen) atoms. The molecule has 0 amide bonds. The highest BCUT2D eigenvalue weighted by molar-refractivity contribution is 6.32. The number of esters is 1. The molecule has 0 spiro atoms. The zero-order chi connectivity index (χ0) is 16.5. The van der Waals surface area contributed by atoms with Gasteiger partial charge in [-0.1, -0.05) is 11.6 Å². The van der Waals surface area contributed by atoms with Gasteiger partial charge in [0.2, 0.25) is 0 Å². The Kier molecular flexibility index (Phi) is 7.31. The van der Waals surface area contributed by atoms with Crippen LogP contribution in [0.2, 0.25) is 5.02 Å². The van der Waals surface area contributed by atoms with E-state index in [4.69, 9.17) is 21.1 Å². The minimum atomic E-state index is -0.682. The molecular formula is C14H16ClNO6. The van der Waals surface area contributed by atoms with Gasteiger partial charge in [-0.25, -0.2) is 0 Å². The van der Waals surface area contributed by atoms with Crippen molar-refractivity contribution in [1.82, 2.24) is 0 Å². The number of nitrogens with zero attached hydrogens (tertiary/aromatic N) is 1. The number of nitro benzene ring substituents is 1. The average Bonchev–Trinajstić information content (AvgIpc) is 2.48. The molecular weight excluding hydrogens is 314 g/mol. The largest absolute Gasteiger partial charge is 0.492 e. The number of halogens is 1. The van der Waals surface area contributed by atoms with Crippen molar-refractivity contribution in [2.45, 2.75) is 26.2 Å². The predicted molar refractivity (Wildman–Crippen MR) is 79.5 cm³/mol. The van der Waals surface area contributed by atoms with Crippen LogP contribution in [0.3, 0.4) is 0 Å². The molecule has 1 rings (SSSR count). The second-order valence-corrected chi connectivity index (χ2v) is 4.73. The summed E-state index contributed by atoms with van der Waals surface area (Å²) in [5, 5.41) is 10.8. The Hall–Kier alpha value is -2.15. The normalized spacial score (nSPS) is 10.1. The number of benzene rings is 1. The third-order valence-corrected chi connectivity index (χ3v) is 3.04. The lowest BCUT2D eigenvalue weighted by atomic mass is 10.2. The summed E-state index contributed by atoms with van der Waals surface area (Å²) in [5.74, 6) is -0.0652. The molecule has 1 aromatic rings. The smallest absolute Gasteiger partial charge is 0.305 e. The van der Waals surface area contributed by atoms with Crippen LogP contribution in [-0.4, -0.2) is 30.4 Å². The summed E-state index contributed by atoms with van der Waals surface area (Å²) in [6.45, 7) is 2.36. The molecule has 0 heterocycles. The summed E-state index contributed by atoms with van der Waals surface area (Å²) in [5.41, 5.74) is -0.467. The maximum absolute atomic E-state index is 11.1. The van der Waals surface area contributed by atoms with Gasteiger partial charge in [-0.05, 0) is 25.8 Å². The van der Waals surface area contributed by atoms with Gasteiger partial charge < -0.3 is 9.47 Å². The van der Waals surface area contributed by atoms with Gasteiger partial charge >= 0.3 is 5.97 Å². The number of nitro groups is 1. The SMILES string of the molecule is CCOC(=O)CCCCOc1cc(C=O)c([N+](=O)[O-])cc1Cl. The topological polar surface area (TPSA) is 95.7 Å². The lowest BCUT2D eigenvalue weighted by Gasteiger charge is -2.09. The van der Waals surface area contributed by atoms with E-state index in [0.29, 0.717) is 32.2 Å². The number of hydrogen-bond donors (Lipinski definition) is 0. The van der Waals surface area contributed by atoms with Crippen molar-refractivity contribution < 1.29 is 24.0 Å². The molecule has 0 aliphatic heterocycles. The van der Waals surface area contributed by atoms with E-state index < -0.39 is 4.92 Å². The van der Waals surface area contributed by atoms with Gasteiger partial charge in [0, 0.05) is 12.5 Å². The van der Waals surface area contributed by atoms with Crippen molar-refractivity contribution in [2.24, 2.45) is 0 Å². The molecule has 0 atom stereocenters. The highest BCUT2D eigenvalue weighted by atomic mass is 35.5. The van der Waals surface area contributed by atoms with Gasteiger partial charge in [-0.3, -0.25) is 19.7 Å². The molecule has 0 unspecified atom stereocenters.